The Hall–Kier alpha value is -2.34. The van der Waals surface area contributed by atoms with Crippen LogP contribution < -0.4 is 14.5 Å². The molecular formula is C23H31ClN4O2. The summed E-state index contributed by atoms with van der Waals surface area (Å²) in [5, 5.41) is 0.556. The Morgan fingerprint density at radius 1 is 1.30 bits per heavy atom. The van der Waals surface area contributed by atoms with Gasteiger partial charge in [-0.1, -0.05) is 30.7 Å². The molecule has 1 aromatic carbocycles. The molecular weight excluding hydrogens is 400 g/mol. The first-order chi connectivity index (χ1) is 14.2. The van der Waals surface area contributed by atoms with Gasteiger partial charge in [-0.2, -0.15) is 4.98 Å². The van der Waals surface area contributed by atoms with Crippen LogP contribution in [0.25, 0.3) is 0 Å². The second kappa shape index (κ2) is 9.65. The number of Topliss-reactive ketones (excluding diaryl/α,β-unsaturated/α-hetero) is 1. The molecule has 0 amide bonds. The summed E-state index contributed by atoms with van der Waals surface area (Å²) < 4.78 is 6.19. The number of aromatic nitrogens is 2. The van der Waals surface area contributed by atoms with E-state index in [0.717, 1.165) is 36.6 Å². The van der Waals surface area contributed by atoms with Gasteiger partial charge in [0, 0.05) is 32.5 Å². The van der Waals surface area contributed by atoms with Crippen LogP contribution in [0.5, 0.6) is 5.75 Å². The molecule has 0 saturated carbocycles. The van der Waals surface area contributed by atoms with E-state index in [1.807, 2.05) is 36.2 Å². The van der Waals surface area contributed by atoms with Crippen LogP contribution in [0.3, 0.4) is 0 Å². The molecule has 1 aliphatic rings. The first-order valence-electron chi connectivity index (χ1n) is 10.5. The molecule has 1 aliphatic heterocycles. The molecule has 0 unspecified atom stereocenters. The Bertz CT molecular complexity index is 872. The average molecular weight is 431 g/mol. The zero-order chi connectivity index (χ0) is 21.8. The van der Waals surface area contributed by atoms with Gasteiger partial charge >= 0.3 is 0 Å². The monoisotopic (exact) mass is 430 g/mol. The summed E-state index contributed by atoms with van der Waals surface area (Å²) in [6.07, 6.45) is 3.21. The Balaban J connectivity index is 1.63. The van der Waals surface area contributed by atoms with Gasteiger partial charge < -0.3 is 19.3 Å². The molecule has 2 heterocycles. The summed E-state index contributed by atoms with van der Waals surface area (Å²) in [6.45, 7) is 9.47. The predicted molar refractivity (Wildman–Crippen MR) is 122 cm³/mol. The van der Waals surface area contributed by atoms with Gasteiger partial charge in [0.15, 0.2) is 5.82 Å². The van der Waals surface area contributed by atoms with Crippen molar-refractivity contribution in [1.82, 2.24) is 9.97 Å². The van der Waals surface area contributed by atoms with Gasteiger partial charge in [-0.05, 0) is 44.4 Å². The number of nitrogens with zero attached hydrogens (tertiary/aromatic N) is 4. The molecule has 1 saturated heterocycles. The van der Waals surface area contributed by atoms with Crippen LogP contribution in [0.15, 0.2) is 30.5 Å². The molecule has 7 heteroatoms. The zero-order valence-corrected chi connectivity index (χ0v) is 19.2. The molecule has 0 bridgehead atoms. The highest BCUT2D eigenvalue weighted by atomic mass is 35.5. The van der Waals surface area contributed by atoms with Crippen LogP contribution in [0.4, 0.5) is 11.8 Å². The van der Waals surface area contributed by atoms with E-state index in [-0.39, 0.29) is 17.8 Å². The van der Waals surface area contributed by atoms with Crippen molar-refractivity contribution in [3.63, 3.8) is 0 Å². The lowest BCUT2D eigenvalue weighted by Crippen LogP contribution is -2.29. The van der Waals surface area contributed by atoms with Gasteiger partial charge in [0.05, 0.1) is 12.7 Å². The largest absolute Gasteiger partial charge is 0.489 e. The minimum atomic E-state index is 0.0720. The number of anilines is 2. The summed E-state index contributed by atoms with van der Waals surface area (Å²) in [4.78, 5) is 24.6. The van der Waals surface area contributed by atoms with Crippen molar-refractivity contribution in [2.24, 2.45) is 0 Å². The fourth-order valence-electron chi connectivity index (χ4n) is 3.60. The number of rotatable bonds is 8. The van der Waals surface area contributed by atoms with Gasteiger partial charge in [-0.25, -0.2) is 4.98 Å². The fraction of sp³-hybridized carbons (Fsp3) is 0.522. The van der Waals surface area contributed by atoms with Crippen molar-refractivity contribution in [3.8, 4) is 5.75 Å². The molecule has 1 fully saturated rings. The van der Waals surface area contributed by atoms with Gasteiger partial charge in [0.2, 0.25) is 5.95 Å². The maximum absolute atomic E-state index is 11.3. The lowest BCUT2D eigenvalue weighted by molar-refractivity contribution is -0.117. The van der Waals surface area contributed by atoms with Crippen molar-refractivity contribution in [2.45, 2.75) is 58.6 Å². The SMILES string of the molecule is CC(=O)C[C@@H](C)c1ccc(O[C@@H]2CCN(c3nc(N(C)C(C)C)ncc3Cl)C2)cc1. The van der Waals surface area contributed by atoms with Crippen molar-refractivity contribution < 1.29 is 9.53 Å². The van der Waals surface area contributed by atoms with Crippen LogP contribution in [0.1, 0.15) is 52.0 Å². The lowest BCUT2D eigenvalue weighted by atomic mass is 9.96. The molecule has 0 spiro atoms. The third-order valence-electron chi connectivity index (χ3n) is 5.59. The molecule has 0 aliphatic carbocycles. The topological polar surface area (TPSA) is 58.6 Å². The Labute approximate surface area is 184 Å². The highest BCUT2D eigenvalue weighted by Crippen LogP contribution is 2.30. The number of halogens is 1. The quantitative estimate of drug-likeness (QED) is 0.604. The number of benzene rings is 1. The number of ether oxygens (including phenoxy) is 1. The van der Waals surface area contributed by atoms with Crippen molar-refractivity contribution in [1.29, 1.82) is 0 Å². The molecule has 2 aromatic rings. The van der Waals surface area contributed by atoms with Crippen LogP contribution in [-0.4, -0.2) is 48.0 Å². The van der Waals surface area contributed by atoms with Crippen molar-refractivity contribution in [3.05, 3.63) is 41.0 Å². The molecule has 1 aromatic heterocycles. The second-order valence-electron chi connectivity index (χ2n) is 8.40. The summed E-state index contributed by atoms with van der Waals surface area (Å²) in [6, 6.07) is 8.37. The Morgan fingerprint density at radius 3 is 2.63 bits per heavy atom. The number of hydrogen-bond donors (Lipinski definition) is 0. The van der Waals surface area contributed by atoms with Crippen LogP contribution in [0.2, 0.25) is 5.02 Å². The smallest absolute Gasteiger partial charge is 0.227 e. The average Bonchev–Trinajstić information content (AvgIpc) is 3.16. The number of carbonyl (C=O) groups is 1. The highest BCUT2D eigenvalue weighted by Gasteiger charge is 2.27. The number of ketones is 1. The molecule has 30 heavy (non-hydrogen) atoms. The number of carbonyl (C=O) groups excluding carboxylic acids is 1. The Morgan fingerprint density at radius 2 is 2.00 bits per heavy atom. The summed E-state index contributed by atoms with van der Waals surface area (Å²) in [5.41, 5.74) is 1.15. The molecule has 6 nitrogen and oxygen atoms in total. The van der Waals surface area contributed by atoms with Gasteiger partial charge in [-0.15, -0.1) is 0 Å². The number of hydrogen-bond acceptors (Lipinski definition) is 6. The third kappa shape index (κ3) is 5.42. The van der Waals surface area contributed by atoms with E-state index in [4.69, 9.17) is 21.3 Å². The van der Waals surface area contributed by atoms with E-state index in [0.29, 0.717) is 23.4 Å². The maximum Gasteiger partial charge on any atom is 0.227 e. The molecule has 162 valence electrons. The van der Waals surface area contributed by atoms with Gasteiger partial charge in [-0.3, -0.25) is 0 Å². The Kier molecular flexibility index (Phi) is 7.19. The van der Waals surface area contributed by atoms with E-state index in [9.17, 15) is 4.79 Å². The fourth-order valence-corrected chi connectivity index (χ4v) is 3.82. The molecule has 2 atom stereocenters. The highest BCUT2D eigenvalue weighted by molar-refractivity contribution is 6.32. The third-order valence-corrected chi connectivity index (χ3v) is 5.86. The van der Waals surface area contributed by atoms with Crippen molar-refractivity contribution >= 4 is 29.2 Å². The van der Waals surface area contributed by atoms with E-state index in [1.54, 1.807) is 13.1 Å². The molecule has 0 radical (unpaired) electrons. The minimum Gasteiger partial charge on any atom is -0.489 e. The van der Waals surface area contributed by atoms with Gasteiger partial charge in [0.1, 0.15) is 22.7 Å². The van der Waals surface area contributed by atoms with Crippen LogP contribution in [0, 0.1) is 0 Å². The van der Waals surface area contributed by atoms with E-state index in [1.165, 1.54) is 0 Å². The molecule has 0 N–H and O–H groups in total. The summed E-state index contributed by atoms with van der Waals surface area (Å²) in [7, 11) is 1.98. The predicted octanol–water partition coefficient (Wildman–Crippen LogP) is 4.71. The minimum absolute atomic E-state index is 0.0720. The maximum atomic E-state index is 11.3. The van der Waals surface area contributed by atoms with E-state index >= 15 is 0 Å². The first-order valence-corrected chi connectivity index (χ1v) is 10.9. The van der Waals surface area contributed by atoms with E-state index in [2.05, 4.69) is 30.7 Å². The van der Waals surface area contributed by atoms with E-state index < -0.39 is 0 Å². The van der Waals surface area contributed by atoms with Crippen LogP contribution >= 0.6 is 11.6 Å². The zero-order valence-electron chi connectivity index (χ0n) is 18.4. The first kappa shape index (κ1) is 22.3. The molecule has 3 rings (SSSR count). The normalized spacial score (nSPS) is 17.3. The standard InChI is InChI=1S/C23H31ClN4O2/c1-15(2)27(5)23-25-13-21(24)22(26-23)28-11-10-20(14-28)30-19-8-6-18(7-9-19)16(3)12-17(4)29/h6-9,13,15-16,20H,10-12,14H2,1-5H3/t16-,20-/m1/s1. The summed E-state index contributed by atoms with van der Waals surface area (Å²) in [5.74, 6) is 2.70. The lowest BCUT2D eigenvalue weighted by Gasteiger charge is -2.24. The van der Waals surface area contributed by atoms with Crippen LogP contribution in [-0.2, 0) is 4.79 Å². The van der Waals surface area contributed by atoms with Crippen molar-refractivity contribution in [2.75, 3.05) is 29.9 Å². The van der Waals surface area contributed by atoms with Gasteiger partial charge in [0.25, 0.3) is 0 Å². The summed E-state index contributed by atoms with van der Waals surface area (Å²) >= 11 is 6.40. The second-order valence-corrected chi connectivity index (χ2v) is 8.80.